The van der Waals surface area contributed by atoms with E-state index >= 15 is 0 Å². The number of amides is 1. The molecule has 0 bridgehead atoms. The van der Waals surface area contributed by atoms with Crippen molar-refractivity contribution in [3.05, 3.63) is 119 Å². The van der Waals surface area contributed by atoms with Crippen LogP contribution in [0.1, 0.15) is 28.4 Å². The van der Waals surface area contributed by atoms with Gasteiger partial charge in [-0.25, -0.2) is 4.98 Å². The zero-order chi connectivity index (χ0) is 26.2. The molecule has 0 aliphatic heterocycles. The highest BCUT2D eigenvalue weighted by molar-refractivity contribution is 7.13. The Labute approximate surface area is 226 Å². The first kappa shape index (κ1) is 23.9. The predicted octanol–water partition coefficient (Wildman–Crippen LogP) is 8.06. The van der Waals surface area contributed by atoms with Gasteiger partial charge in [-0.15, -0.1) is 11.3 Å². The Balaban J connectivity index is 1.71. The predicted molar refractivity (Wildman–Crippen MR) is 158 cm³/mol. The summed E-state index contributed by atoms with van der Waals surface area (Å²) in [7, 11) is 0. The number of rotatable bonds is 6. The van der Waals surface area contributed by atoms with Gasteiger partial charge in [0.25, 0.3) is 0 Å². The van der Waals surface area contributed by atoms with Gasteiger partial charge in [-0.3, -0.25) is 4.79 Å². The standard InChI is InChI=1S/C33H27N3OS/c1-3-22-12-15-26(16-13-22)36-29-19-25(32(34)37)14-17-27(29)30(31(36)24-11-7-8-21(2)18-24)33-35-28(20-38-33)23-9-5-4-6-10-23/h4-20H,3H2,1-2H3,(H2,34,37). The van der Waals surface area contributed by atoms with E-state index in [0.717, 1.165) is 56.1 Å². The third kappa shape index (κ3) is 4.21. The van der Waals surface area contributed by atoms with E-state index in [4.69, 9.17) is 10.7 Å². The molecule has 1 amide bonds. The number of aromatic nitrogens is 2. The molecule has 0 aliphatic rings. The number of fused-ring (bicyclic) bond motifs is 1. The highest BCUT2D eigenvalue weighted by Gasteiger charge is 2.24. The van der Waals surface area contributed by atoms with Gasteiger partial charge in [-0.05, 0) is 54.8 Å². The lowest BCUT2D eigenvalue weighted by atomic mass is 10.0. The van der Waals surface area contributed by atoms with E-state index in [9.17, 15) is 4.79 Å². The number of hydrogen-bond acceptors (Lipinski definition) is 3. The molecule has 0 atom stereocenters. The SMILES string of the molecule is CCc1ccc(-n2c(-c3cccc(C)c3)c(-c3nc(-c4ccccc4)cs3)c3ccc(C(N)=O)cc32)cc1. The maximum atomic E-state index is 12.2. The number of carbonyl (C=O) groups excluding carboxylic acids is 1. The van der Waals surface area contributed by atoms with Crippen molar-refractivity contribution in [2.24, 2.45) is 5.73 Å². The maximum Gasteiger partial charge on any atom is 0.248 e. The Bertz CT molecular complexity index is 1780. The molecule has 5 heteroatoms. The highest BCUT2D eigenvalue weighted by Crippen LogP contribution is 2.44. The van der Waals surface area contributed by atoms with Crippen molar-refractivity contribution in [3.8, 4) is 38.8 Å². The third-order valence-corrected chi connectivity index (χ3v) is 7.79. The van der Waals surface area contributed by atoms with Gasteiger partial charge in [0.1, 0.15) is 5.01 Å². The molecule has 2 heterocycles. The van der Waals surface area contributed by atoms with Crippen molar-refractivity contribution in [2.75, 3.05) is 0 Å². The number of nitrogens with two attached hydrogens (primary N) is 1. The minimum absolute atomic E-state index is 0.444. The van der Waals surface area contributed by atoms with Crippen molar-refractivity contribution in [3.63, 3.8) is 0 Å². The average Bonchev–Trinajstić information content (AvgIpc) is 3.56. The van der Waals surface area contributed by atoms with Crippen LogP contribution in [0.5, 0.6) is 0 Å². The van der Waals surface area contributed by atoms with Crippen LogP contribution < -0.4 is 5.73 Å². The second-order valence-corrected chi connectivity index (χ2v) is 10.3. The lowest BCUT2D eigenvalue weighted by molar-refractivity contribution is 0.100. The molecule has 0 unspecified atom stereocenters. The topological polar surface area (TPSA) is 60.9 Å². The van der Waals surface area contributed by atoms with E-state index in [0.29, 0.717) is 5.56 Å². The molecule has 0 saturated heterocycles. The number of benzene rings is 4. The summed E-state index contributed by atoms with van der Waals surface area (Å²) in [5.41, 5.74) is 15.8. The minimum atomic E-state index is -0.444. The van der Waals surface area contributed by atoms with Crippen LogP contribution in [0.25, 0.3) is 49.7 Å². The van der Waals surface area contributed by atoms with Crippen molar-refractivity contribution >= 4 is 28.1 Å². The van der Waals surface area contributed by atoms with Crippen molar-refractivity contribution in [1.29, 1.82) is 0 Å². The molecule has 0 fully saturated rings. The molecule has 0 aliphatic carbocycles. The molecule has 0 saturated carbocycles. The average molecular weight is 514 g/mol. The largest absolute Gasteiger partial charge is 0.366 e. The van der Waals surface area contributed by atoms with E-state index in [-0.39, 0.29) is 0 Å². The summed E-state index contributed by atoms with van der Waals surface area (Å²) in [6, 6.07) is 33.1. The van der Waals surface area contributed by atoms with Gasteiger partial charge in [0.2, 0.25) is 5.91 Å². The fourth-order valence-electron chi connectivity index (χ4n) is 5.00. The third-order valence-electron chi connectivity index (χ3n) is 6.93. The summed E-state index contributed by atoms with van der Waals surface area (Å²) in [4.78, 5) is 17.3. The Morgan fingerprint density at radius 3 is 2.37 bits per heavy atom. The van der Waals surface area contributed by atoms with E-state index in [1.54, 1.807) is 11.3 Å². The number of nitrogens with zero attached hydrogens (tertiary/aromatic N) is 2. The summed E-state index contributed by atoms with van der Waals surface area (Å²) < 4.78 is 2.24. The van der Waals surface area contributed by atoms with Crippen LogP contribution in [0.15, 0.2) is 102 Å². The number of carbonyl (C=O) groups is 1. The van der Waals surface area contributed by atoms with Crippen LogP contribution in [0, 0.1) is 6.92 Å². The Morgan fingerprint density at radius 2 is 1.66 bits per heavy atom. The molecule has 6 aromatic rings. The quantitative estimate of drug-likeness (QED) is 0.245. The molecule has 2 N–H and O–H groups in total. The summed E-state index contributed by atoms with van der Waals surface area (Å²) in [6.45, 7) is 4.26. The first-order valence-electron chi connectivity index (χ1n) is 12.7. The number of thiazole rings is 1. The second kappa shape index (κ2) is 9.77. The van der Waals surface area contributed by atoms with Gasteiger partial charge in [-0.2, -0.15) is 0 Å². The van der Waals surface area contributed by atoms with Crippen LogP contribution in [0.2, 0.25) is 0 Å². The van der Waals surface area contributed by atoms with Crippen LogP contribution in [-0.4, -0.2) is 15.5 Å². The lowest BCUT2D eigenvalue weighted by Crippen LogP contribution is -2.10. The molecule has 186 valence electrons. The van der Waals surface area contributed by atoms with Crippen LogP contribution in [-0.2, 0) is 6.42 Å². The monoisotopic (exact) mass is 513 g/mol. The molecule has 0 radical (unpaired) electrons. The minimum Gasteiger partial charge on any atom is -0.366 e. The summed E-state index contributed by atoms with van der Waals surface area (Å²) in [5.74, 6) is -0.444. The number of hydrogen-bond donors (Lipinski definition) is 1. The highest BCUT2D eigenvalue weighted by atomic mass is 32.1. The van der Waals surface area contributed by atoms with Gasteiger partial charge in [0, 0.05) is 33.1 Å². The van der Waals surface area contributed by atoms with E-state index in [1.165, 1.54) is 11.1 Å². The van der Waals surface area contributed by atoms with Gasteiger partial charge >= 0.3 is 0 Å². The van der Waals surface area contributed by atoms with Gasteiger partial charge < -0.3 is 10.3 Å². The molecule has 6 rings (SSSR count). The zero-order valence-electron chi connectivity index (χ0n) is 21.3. The van der Waals surface area contributed by atoms with Crippen LogP contribution in [0.3, 0.4) is 0 Å². The van der Waals surface area contributed by atoms with E-state index < -0.39 is 5.91 Å². The summed E-state index contributed by atoms with van der Waals surface area (Å²) in [5, 5.41) is 4.07. The fraction of sp³-hybridized carbons (Fsp3) is 0.0909. The first-order chi connectivity index (χ1) is 18.5. The van der Waals surface area contributed by atoms with Gasteiger partial charge in [-0.1, -0.05) is 79.2 Å². The smallest absolute Gasteiger partial charge is 0.248 e. The molecular weight excluding hydrogens is 486 g/mol. The first-order valence-corrected chi connectivity index (χ1v) is 13.6. The molecular formula is C33H27N3OS. The number of aryl methyl sites for hydroxylation is 2. The Kier molecular flexibility index (Phi) is 6.14. The fourth-order valence-corrected chi connectivity index (χ4v) is 5.89. The molecule has 38 heavy (non-hydrogen) atoms. The zero-order valence-corrected chi connectivity index (χ0v) is 22.1. The molecule has 0 spiro atoms. The Hall–Kier alpha value is -4.48. The normalized spacial score (nSPS) is 11.2. The molecule has 4 aromatic carbocycles. The van der Waals surface area contributed by atoms with Crippen molar-refractivity contribution < 1.29 is 4.79 Å². The maximum absolute atomic E-state index is 12.2. The van der Waals surface area contributed by atoms with E-state index in [2.05, 4.69) is 84.5 Å². The van der Waals surface area contributed by atoms with Crippen LogP contribution in [0.4, 0.5) is 0 Å². The summed E-state index contributed by atoms with van der Waals surface area (Å²) in [6.07, 6.45) is 0.968. The Morgan fingerprint density at radius 1 is 0.895 bits per heavy atom. The van der Waals surface area contributed by atoms with Crippen molar-refractivity contribution in [2.45, 2.75) is 20.3 Å². The van der Waals surface area contributed by atoms with Crippen molar-refractivity contribution in [1.82, 2.24) is 9.55 Å². The van der Waals surface area contributed by atoms with E-state index in [1.807, 2.05) is 36.4 Å². The van der Waals surface area contributed by atoms with Crippen LogP contribution >= 0.6 is 11.3 Å². The summed E-state index contributed by atoms with van der Waals surface area (Å²) >= 11 is 1.63. The van der Waals surface area contributed by atoms with Gasteiger partial charge in [0.05, 0.1) is 16.9 Å². The second-order valence-electron chi connectivity index (χ2n) is 9.45. The lowest BCUT2D eigenvalue weighted by Gasteiger charge is -2.14. The molecule has 4 nitrogen and oxygen atoms in total. The van der Waals surface area contributed by atoms with Gasteiger partial charge in [0.15, 0.2) is 0 Å². The number of primary amides is 1. The molecule has 2 aromatic heterocycles.